The highest BCUT2D eigenvalue weighted by Gasteiger charge is 2.10. The molecule has 0 fully saturated rings. The topological polar surface area (TPSA) is 60.9 Å². The van der Waals surface area contributed by atoms with Crippen molar-refractivity contribution in [3.8, 4) is 0 Å². The van der Waals surface area contributed by atoms with Gasteiger partial charge in [0.25, 0.3) is 0 Å². The highest BCUT2D eigenvalue weighted by molar-refractivity contribution is 7.83. The Morgan fingerprint density at radius 1 is 1.67 bits per heavy atom. The number of nitrogens with two attached hydrogens (primary N) is 1. The van der Waals surface area contributed by atoms with E-state index < -0.39 is 11.0 Å². The van der Waals surface area contributed by atoms with E-state index in [1.54, 1.807) is 6.20 Å². The van der Waals surface area contributed by atoms with Crippen LogP contribution in [0.5, 0.6) is 0 Å². The van der Waals surface area contributed by atoms with E-state index in [1.807, 2.05) is 20.8 Å². The molecule has 0 radical (unpaired) electrons. The smallest absolute Gasteiger partial charge is 0.149 e. The van der Waals surface area contributed by atoms with Crippen molar-refractivity contribution in [1.82, 2.24) is 9.19 Å². The summed E-state index contributed by atoms with van der Waals surface area (Å²) >= 11 is 0. The summed E-state index contributed by atoms with van der Waals surface area (Å²) in [4.78, 5) is 0. The van der Waals surface area contributed by atoms with Gasteiger partial charge in [0.1, 0.15) is 16.8 Å². The Bertz CT molecular complexity index is 286. The molecule has 1 aromatic heterocycles. The molecule has 0 aromatic carbocycles. The molecule has 0 saturated carbocycles. The Hall–Kier alpha value is -0.840. The summed E-state index contributed by atoms with van der Waals surface area (Å²) in [7, 11) is -1.10. The number of nitrogen functional groups attached to an aromatic ring is 1. The molecule has 0 aliphatic rings. The molecule has 0 spiro atoms. The Morgan fingerprint density at radius 2 is 2.25 bits per heavy atom. The Balaban J connectivity index is 2.97. The van der Waals surface area contributed by atoms with Gasteiger partial charge in [0.15, 0.2) is 0 Å². The molecule has 5 heteroatoms. The lowest BCUT2D eigenvalue weighted by Gasteiger charge is -2.02. The second-order valence-electron chi connectivity index (χ2n) is 2.92. The molecule has 0 bridgehead atoms. The standard InChI is InChI=1S/C7H13N3OS/c1-5(2)12(11)10-4-6(3)7(8)9-10/h4-5H,1-3H3,(H2,8,9). The summed E-state index contributed by atoms with van der Waals surface area (Å²) in [5, 5.41) is 3.98. The number of nitrogens with zero attached hydrogens (tertiary/aromatic N) is 2. The molecule has 1 atom stereocenters. The molecular formula is C7H13N3OS. The van der Waals surface area contributed by atoms with Gasteiger partial charge >= 0.3 is 0 Å². The van der Waals surface area contributed by atoms with Crippen LogP contribution < -0.4 is 5.73 Å². The van der Waals surface area contributed by atoms with Crippen LogP contribution in [0.4, 0.5) is 5.82 Å². The van der Waals surface area contributed by atoms with Crippen molar-refractivity contribution in [3.05, 3.63) is 11.8 Å². The van der Waals surface area contributed by atoms with Gasteiger partial charge in [-0.25, -0.2) is 4.21 Å². The largest absolute Gasteiger partial charge is 0.382 e. The summed E-state index contributed by atoms with van der Waals surface area (Å²) in [6.07, 6.45) is 1.70. The molecule has 0 amide bonds. The zero-order valence-electron chi connectivity index (χ0n) is 7.44. The minimum Gasteiger partial charge on any atom is -0.382 e. The van der Waals surface area contributed by atoms with Crippen LogP contribution in [0, 0.1) is 6.92 Å². The van der Waals surface area contributed by atoms with Crippen LogP contribution in [0.25, 0.3) is 0 Å². The van der Waals surface area contributed by atoms with Crippen molar-refractivity contribution < 1.29 is 4.21 Å². The van der Waals surface area contributed by atoms with E-state index in [1.165, 1.54) is 4.09 Å². The second kappa shape index (κ2) is 3.26. The summed E-state index contributed by atoms with van der Waals surface area (Å²) in [5.41, 5.74) is 6.38. The second-order valence-corrected chi connectivity index (χ2v) is 4.79. The van der Waals surface area contributed by atoms with Crippen molar-refractivity contribution in [2.24, 2.45) is 0 Å². The van der Waals surface area contributed by atoms with E-state index in [9.17, 15) is 4.21 Å². The Labute approximate surface area is 74.3 Å². The Morgan fingerprint density at radius 3 is 2.58 bits per heavy atom. The maximum atomic E-state index is 11.5. The molecule has 1 rings (SSSR count). The summed E-state index contributed by atoms with van der Waals surface area (Å²) in [6, 6.07) is 0. The van der Waals surface area contributed by atoms with E-state index in [2.05, 4.69) is 5.10 Å². The number of hydrogen-bond acceptors (Lipinski definition) is 3. The third kappa shape index (κ3) is 1.66. The first-order valence-electron chi connectivity index (χ1n) is 3.75. The summed E-state index contributed by atoms with van der Waals surface area (Å²) in [5.74, 6) is 0.448. The predicted molar refractivity (Wildman–Crippen MR) is 50.1 cm³/mol. The van der Waals surface area contributed by atoms with E-state index in [0.717, 1.165) is 5.56 Å². The molecule has 2 N–H and O–H groups in total. The molecule has 0 saturated heterocycles. The van der Waals surface area contributed by atoms with Gasteiger partial charge in [-0.2, -0.15) is 4.09 Å². The summed E-state index contributed by atoms with van der Waals surface area (Å²) in [6.45, 7) is 5.60. The molecule has 0 aliphatic heterocycles. The fourth-order valence-electron chi connectivity index (χ4n) is 0.754. The number of aryl methyl sites for hydroxylation is 1. The highest BCUT2D eigenvalue weighted by Crippen LogP contribution is 2.08. The molecule has 0 aliphatic carbocycles. The number of aromatic nitrogens is 2. The van der Waals surface area contributed by atoms with Gasteiger partial charge in [-0.05, 0) is 20.8 Å². The van der Waals surface area contributed by atoms with Crippen molar-refractivity contribution in [2.75, 3.05) is 5.73 Å². The van der Waals surface area contributed by atoms with E-state index in [0.29, 0.717) is 5.82 Å². The van der Waals surface area contributed by atoms with Crippen molar-refractivity contribution in [1.29, 1.82) is 0 Å². The van der Waals surface area contributed by atoms with Crippen LogP contribution in [0.3, 0.4) is 0 Å². The van der Waals surface area contributed by atoms with Crippen LogP contribution in [0.2, 0.25) is 0 Å². The van der Waals surface area contributed by atoms with Gasteiger partial charge in [0.05, 0.1) is 5.25 Å². The summed E-state index contributed by atoms with van der Waals surface area (Å²) < 4.78 is 12.9. The lowest BCUT2D eigenvalue weighted by atomic mass is 10.4. The number of rotatable bonds is 2. The van der Waals surface area contributed by atoms with Gasteiger partial charge in [-0.3, -0.25) is 0 Å². The molecule has 12 heavy (non-hydrogen) atoms. The molecule has 1 heterocycles. The minimum absolute atomic E-state index is 0.0590. The van der Waals surface area contributed by atoms with Crippen molar-refractivity contribution in [2.45, 2.75) is 26.0 Å². The minimum atomic E-state index is -1.10. The molecule has 1 unspecified atom stereocenters. The number of hydrogen-bond donors (Lipinski definition) is 1. The molecular weight excluding hydrogens is 174 g/mol. The number of anilines is 1. The lowest BCUT2D eigenvalue weighted by molar-refractivity contribution is 0.664. The van der Waals surface area contributed by atoms with Gasteiger partial charge < -0.3 is 5.73 Å². The SMILES string of the molecule is Cc1cn(S(=O)C(C)C)nc1N. The molecule has 1 aromatic rings. The maximum Gasteiger partial charge on any atom is 0.149 e. The van der Waals surface area contributed by atoms with Gasteiger partial charge in [-0.15, -0.1) is 5.10 Å². The monoisotopic (exact) mass is 187 g/mol. The van der Waals surface area contributed by atoms with Crippen LogP contribution in [0.15, 0.2) is 6.20 Å². The van der Waals surface area contributed by atoms with E-state index >= 15 is 0 Å². The van der Waals surface area contributed by atoms with Gasteiger partial charge in [0, 0.05) is 11.8 Å². The average Bonchev–Trinajstić information content (AvgIpc) is 2.30. The first-order chi connectivity index (χ1) is 5.52. The van der Waals surface area contributed by atoms with Crippen LogP contribution in [-0.2, 0) is 11.0 Å². The fraction of sp³-hybridized carbons (Fsp3) is 0.571. The third-order valence-corrected chi connectivity index (χ3v) is 2.86. The average molecular weight is 187 g/mol. The normalized spacial score (nSPS) is 13.7. The lowest BCUT2D eigenvalue weighted by Crippen LogP contribution is -2.15. The zero-order chi connectivity index (χ0) is 9.30. The quantitative estimate of drug-likeness (QED) is 0.741. The van der Waals surface area contributed by atoms with Crippen LogP contribution >= 0.6 is 0 Å². The highest BCUT2D eigenvalue weighted by atomic mass is 32.2. The van der Waals surface area contributed by atoms with E-state index in [4.69, 9.17) is 5.73 Å². The first kappa shape index (κ1) is 9.25. The Kier molecular flexibility index (Phi) is 2.52. The molecule has 68 valence electrons. The van der Waals surface area contributed by atoms with Crippen molar-refractivity contribution in [3.63, 3.8) is 0 Å². The zero-order valence-corrected chi connectivity index (χ0v) is 8.26. The molecule has 4 nitrogen and oxygen atoms in total. The fourth-order valence-corrected chi connectivity index (χ4v) is 1.62. The van der Waals surface area contributed by atoms with Crippen LogP contribution in [0.1, 0.15) is 19.4 Å². The predicted octanol–water partition coefficient (Wildman–Crippen LogP) is 0.694. The van der Waals surface area contributed by atoms with E-state index in [-0.39, 0.29) is 5.25 Å². The maximum absolute atomic E-state index is 11.5. The van der Waals surface area contributed by atoms with Crippen LogP contribution in [-0.4, -0.2) is 18.6 Å². The van der Waals surface area contributed by atoms with Gasteiger partial charge in [0.2, 0.25) is 0 Å². The third-order valence-electron chi connectivity index (χ3n) is 1.50. The van der Waals surface area contributed by atoms with Gasteiger partial charge in [-0.1, -0.05) is 0 Å². The first-order valence-corrected chi connectivity index (χ1v) is 4.92. The van der Waals surface area contributed by atoms with Crippen molar-refractivity contribution >= 4 is 16.8 Å².